The van der Waals surface area contributed by atoms with E-state index >= 15 is 0 Å². The predicted octanol–water partition coefficient (Wildman–Crippen LogP) is 3.06. The van der Waals surface area contributed by atoms with Crippen LogP contribution in [0, 0.1) is 20.8 Å². The van der Waals surface area contributed by atoms with Crippen LogP contribution >= 0.6 is 15.9 Å². The van der Waals surface area contributed by atoms with Gasteiger partial charge >= 0.3 is 0 Å². The molecule has 0 unspecified atom stereocenters. The van der Waals surface area contributed by atoms with Gasteiger partial charge in [0.05, 0.1) is 0 Å². The molecule has 0 fully saturated rings. The number of H-pyrrole nitrogens is 1. The second-order valence-electron chi connectivity index (χ2n) is 6.12. The Balaban J connectivity index is 2.27. The van der Waals surface area contributed by atoms with Crippen molar-refractivity contribution in [2.24, 2.45) is 0 Å². The fourth-order valence-electron chi connectivity index (χ4n) is 2.73. The number of carbonyl (C=O) groups excluding carboxylic acids is 1. The van der Waals surface area contributed by atoms with Crippen molar-refractivity contribution in [1.29, 1.82) is 0 Å². The second-order valence-corrected chi connectivity index (χ2v) is 7.03. The molecule has 0 saturated carbocycles. The molecule has 1 aromatic carbocycles. The number of aryl methyl sites for hydroxylation is 2. The molecule has 2 rings (SSSR count). The maximum absolute atomic E-state index is 12.6. The van der Waals surface area contributed by atoms with Gasteiger partial charge in [0, 0.05) is 47.6 Å². The molecule has 2 N–H and O–H groups in total. The third kappa shape index (κ3) is 3.87. The first-order valence-corrected chi connectivity index (χ1v) is 8.45. The van der Waals surface area contributed by atoms with Crippen LogP contribution in [0.1, 0.15) is 32.7 Å². The number of rotatable bonds is 4. The van der Waals surface area contributed by atoms with Gasteiger partial charge < -0.3 is 15.2 Å². The Morgan fingerprint density at radius 3 is 2.46 bits per heavy atom. The lowest BCUT2D eigenvalue weighted by Crippen LogP contribution is -2.28. The highest BCUT2D eigenvalue weighted by Crippen LogP contribution is 2.27. The van der Waals surface area contributed by atoms with Crippen LogP contribution in [0.5, 0.6) is 0 Å². The van der Waals surface area contributed by atoms with Gasteiger partial charge in [-0.1, -0.05) is 15.9 Å². The zero-order valence-corrected chi connectivity index (χ0v) is 16.2. The number of halogens is 1. The highest BCUT2D eigenvalue weighted by Gasteiger charge is 2.15. The summed E-state index contributed by atoms with van der Waals surface area (Å²) in [5, 5.41) is 2.85. The summed E-state index contributed by atoms with van der Waals surface area (Å²) in [6.07, 6.45) is 0. The van der Waals surface area contributed by atoms with Gasteiger partial charge in [-0.2, -0.15) is 0 Å². The largest absolute Gasteiger partial charge is 0.377 e. The first-order valence-electron chi connectivity index (χ1n) is 7.65. The third-order valence-corrected chi connectivity index (χ3v) is 4.45. The molecule has 0 atom stereocenters. The third-order valence-electron chi connectivity index (χ3n) is 3.99. The van der Waals surface area contributed by atoms with Gasteiger partial charge in [-0.3, -0.25) is 9.59 Å². The number of nitrogens with one attached hydrogen (secondary N) is 2. The minimum absolute atomic E-state index is 0.159. The van der Waals surface area contributed by atoms with E-state index in [-0.39, 0.29) is 18.0 Å². The number of benzene rings is 1. The standard InChI is InChI=1S/C18H22BrN3O2/c1-10-6-11(2)21-18(24)15(10)9-20-17(23)14-7-13(19)8-16(12(14)3)22(4)5/h6-8H,9H2,1-5H3,(H,20,23)(H,21,24). The molecule has 0 aliphatic heterocycles. The fraction of sp³-hybridized carbons (Fsp3) is 0.333. The van der Waals surface area contributed by atoms with Gasteiger partial charge in [-0.25, -0.2) is 0 Å². The number of anilines is 1. The highest BCUT2D eigenvalue weighted by molar-refractivity contribution is 9.10. The lowest BCUT2D eigenvalue weighted by atomic mass is 10.0. The normalized spacial score (nSPS) is 10.6. The fourth-order valence-corrected chi connectivity index (χ4v) is 3.18. The number of hydrogen-bond acceptors (Lipinski definition) is 3. The topological polar surface area (TPSA) is 65.2 Å². The van der Waals surface area contributed by atoms with E-state index in [4.69, 9.17) is 0 Å². The average Bonchev–Trinajstić information content (AvgIpc) is 2.47. The molecule has 0 aliphatic rings. The molecule has 0 radical (unpaired) electrons. The maximum atomic E-state index is 12.6. The Hall–Kier alpha value is -2.08. The van der Waals surface area contributed by atoms with E-state index in [2.05, 4.69) is 26.2 Å². The average molecular weight is 392 g/mol. The Labute approximate surface area is 150 Å². The van der Waals surface area contributed by atoms with E-state index < -0.39 is 0 Å². The number of amides is 1. The summed E-state index contributed by atoms with van der Waals surface area (Å²) >= 11 is 3.45. The molecule has 0 saturated heterocycles. The van der Waals surface area contributed by atoms with Crippen molar-refractivity contribution in [2.75, 3.05) is 19.0 Å². The lowest BCUT2D eigenvalue weighted by molar-refractivity contribution is 0.0950. The summed E-state index contributed by atoms with van der Waals surface area (Å²) in [6, 6.07) is 5.67. The van der Waals surface area contributed by atoms with Crippen molar-refractivity contribution in [1.82, 2.24) is 10.3 Å². The first kappa shape index (κ1) is 18.3. The van der Waals surface area contributed by atoms with Crippen molar-refractivity contribution in [3.8, 4) is 0 Å². The van der Waals surface area contributed by atoms with E-state index in [9.17, 15) is 9.59 Å². The summed E-state index contributed by atoms with van der Waals surface area (Å²) < 4.78 is 0.839. The Bertz CT molecular complexity index is 841. The van der Waals surface area contributed by atoms with Crippen LogP contribution in [0.4, 0.5) is 5.69 Å². The second kappa shape index (κ2) is 7.21. The molecule has 0 spiro atoms. The van der Waals surface area contributed by atoms with Crippen LogP contribution in [-0.4, -0.2) is 25.0 Å². The number of pyridine rings is 1. The number of carbonyl (C=O) groups is 1. The summed E-state index contributed by atoms with van der Waals surface area (Å²) in [5.74, 6) is -0.198. The lowest BCUT2D eigenvalue weighted by Gasteiger charge is -2.19. The van der Waals surface area contributed by atoms with E-state index in [1.165, 1.54) is 0 Å². The molecule has 0 aliphatic carbocycles. The molecular weight excluding hydrogens is 370 g/mol. The highest BCUT2D eigenvalue weighted by atomic mass is 79.9. The summed E-state index contributed by atoms with van der Waals surface area (Å²) in [4.78, 5) is 29.4. The summed E-state index contributed by atoms with van der Waals surface area (Å²) in [5.41, 5.74) is 4.56. The van der Waals surface area contributed by atoms with E-state index in [1.54, 1.807) is 6.07 Å². The van der Waals surface area contributed by atoms with Gasteiger partial charge in [0.15, 0.2) is 0 Å². The van der Waals surface area contributed by atoms with Crippen LogP contribution in [-0.2, 0) is 6.54 Å². The minimum Gasteiger partial charge on any atom is -0.377 e. The quantitative estimate of drug-likeness (QED) is 0.841. The van der Waals surface area contributed by atoms with Crippen molar-refractivity contribution < 1.29 is 4.79 Å². The minimum atomic E-state index is -0.198. The molecular formula is C18H22BrN3O2. The summed E-state index contributed by atoms with van der Waals surface area (Å²) in [6.45, 7) is 5.83. The number of aromatic amines is 1. The molecule has 5 nitrogen and oxygen atoms in total. The van der Waals surface area contributed by atoms with Crippen LogP contribution in [0.25, 0.3) is 0 Å². The van der Waals surface area contributed by atoms with E-state index in [0.29, 0.717) is 11.1 Å². The van der Waals surface area contributed by atoms with Crippen LogP contribution < -0.4 is 15.8 Å². The molecule has 6 heteroatoms. The zero-order valence-electron chi connectivity index (χ0n) is 14.6. The van der Waals surface area contributed by atoms with Gasteiger partial charge in [-0.05, 0) is 50.1 Å². The maximum Gasteiger partial charge on any atom is 0.253 e. The Morgan fingerprint density at radius 2 is 1.88 bits per heavy atom. The summed E-state index contributed by atoms with van der Waals surface area (Å²) in [7, 11) is 3.87. The van der Waals surface area contributed by atoms with Crippen molar-refractivity contribution in [3.63, 3.8) is 0 Å². The Morgan fingerprint density at radius 1 is 1.21 bits per heavy atom. The monoisotopic (exact) mass is 391 g/mol. The number of aromatic nitrogens is 1. The molecule has 0 bridgehead atoms. The van der Waals surface area contributed by atoms with Crippen LogP contribution in [0.15, 0.2) is 27.5 Å². The van der Waals surface area contributed by atoms with Crippen molar-refractivity contribution in [3.05, 3.63) is 61.0 Å². The van der Waals surface area contributed by atoms with Gasteiger partial charge in [0.25, 0.3) is 11.5 Å². The number of nitrogens with zero attached hydrogens (tertiary/aromatic N) is 1. The molecule has 1 aromatic heterocycles. The first-order chi connectivity index (χ1) is 11.2. The molecule has 1 amide bonds. The molecule has 24 heavy (non-hydrogen) atoms. The van der Waals surface area contributed by atoms with Crippen LogP contribution in [0.3, 0.4) is 0 Å². The van der Waals surface area contributed by atoms with Gasteiger partial charge in [-0.15, -0.1) is 0 Å². The molecule has 128 valence electrons. The zero-order chi connectivity index (χ0) is 18.0. The molecule has 1 heterocycles. The SMILES string of the molecule is Cc1cc(C)c(CNC(=O)c2cc(Br)cc(N(C)C)c2C)c(=O)[nH]1. The molecule has 2 aromatic rings. The number of hydrogen-bond donors (Lipinski definition) is 2. The van der Waals surface area contributed by atoms with Crippen LogP contribution in [0.2, 0.25) is 0 Å². The van der Waals surface area contributed by atoms with E-state index in [1.807, 2.05) is 51.9 Å². The predicted molar refractivity (Wildman–Crippen MR) is 101 cm³/mol. The van der Waals surface area contributed by atoms with Gasteiger partial charge in [0.1, 0.15) is 0 Å². The van der Waals surface area contributed by atoms with Crippen molar-refractivity contribution in [2.45, 2.75) is 27.3 Å². The Kier molecular flexibility index (Phi) is 5.49. The smallest absolute Gasteiger partial charge is 0.253 e. The van der Waals surface area contributed by atoms with E-state index in [0.717, 1.165) is 27.0 Å². The van der Waals surface area contributed by atoms with Gasteiger partial charge in [0.2, 0.25) is 0 Å². The van der Waals surface area contributed by atoms with Crippen molar-refractivity contribution >= 4 is 27.5 Å².